The Morgan fingerprint density at radius 1 is 0.943 bits per heavy atom. The molecule has 0 unspecified atom stereocenters. The molecule has 194 valence electrons. The van der Waals surface area contributed by atoms with E-state index in [0.29, 0.717) is 48.6 Å². The Bertz CT molecular complexity index is 869. The van der Waals surface area contributed by atoms with E-state index >= 15 is 0 Å². The average molecular weight is 485 g/mol. The minimum Gasteiger partial charge on any atom is -0.373 e. The van der Waals surface area contributed by atoms with E-state index in [1.165, 1.54) is 31.2 Å². The van der Waals surface area contributed by atoms with Crippen LogP contribution in [0.4, 0.5) is 0 Å². The van der Waals surface area contributed by atoms with Gasteiger partial charge in [0.05, 0.1) is 32.0 Å². The summed E-state index contributed by atoms with van der Waals surface area (Å²) in [5, 5.41) is 0. The Labute approximate surface area is 211 Å². The molecule has 1 spiro atoms. The van der Waals surface area contributed by atoms with Crippen LogP contribution in [0.25, 0.3) is 0 Å². The van der Waals surface area contributed by atoms with Crippen molar-refractivity contribution < 1.29 is 23.7 Å². The van der Waals surface area contributed by atoms with Crippen LogP contribution in [-0.2, 0) is 30.3 Å². The molecule has 1 aromatic rings. The number of ether oxygens (including phenoxy) is 5. The van der Waals surface area contributed by atoms with E-state index in [4.69, 9.17) is 23.7 Å². The van der Waals surface area contributed by atoms with Crippen molar-refractivity contribution in [3.05, 3.63) is 35.9 Å². The molecule has 6 rings (SSSR count). The third-order valence-electron chi connectivity index (χ3n) is 11.1. The van der Waals surface area contributed by atoms with E-state index in [9.17, 15) is 0 Å². The van der Waals surface area contributed by atoms with Crippen molar-refractivity contribution in [2.24, 2.45) is 34.5 Å². The lowest BCUT2D eigenvalue weighted by atomic mass is 9.44. The van der Waals surface area contributed by atoms with Crippen molar-refractivity contribution in [2.45, 2.75) is 89.8 Å². The van der Waals surface area contributed by atoms with E-state index in [2.05, 4.69) is 44.2 Å². The Morgan fingerprint density at radius 2 is 1.74 bits per heavy atom. The first-order valence-corrected chi connectivity index (χ1v) is 14.0. The minimum absolute atomic E-state index is 0.0218. The Balaban J connectivity index is 1.30. The molecule has 1 saturated heterocycles. The molecular formula is C30H44O5. The number of methoxy groups -OCH3 is 1. The van der Waals surface area contributed by atoms with Gasteiger partial charge in [-0.2, -0.15) is 0 Å². The first-order chi connectivity index (χ1) is 17.0. The zero-order chi connectivity index (χ0) is 24.1. The predicted molar refractivity (Wildman–Crippen MR) is 134 cm³/mol. The van der Waals surface area contributed by atoms with Crippen LogP contribution in [0.3, 0.4) is 0 Å². The molecular weight excluding hydrogens is 440 g/mol. The Morgan fingerprint density at radius 3 is 2.51 bits per heavy atom. The summed E-state index contributed by atoms with van der Waals surface area (Å²) in [5.74, 6) is 2.21. The van der Waals surface area contributed by atoms with Gasteiger partial charge in [-0.05, 0) is 79.6 Å². The van der Waals surface area contributed by atoms with Crippen molar-refractivity contribution in [1.82, 2.24) is 0 Å². The number of rotatable bonds is 6. The highest BCUT2D eigenvalue weighted by Gasteiger charge is 2.69. The molecule has 5 heteroatoms. The second-order valence-electron chi connectivity index (χ2n) is 12.5. The van der Waals surface area contributed by atoms with Crippen LogP contribution >= 0.6 is 0 Å². The number of fused-ring (bicyclic) bond motifs is 6. The van der Waals surface area contributed by atoms with Gasteiger partial charge in [-0.25, -0.2) is 0 Å². The van der Waals surface area contributed by atoms with Crippen molar-refractivity contribution in [1.29, 1.82) is 0 Å². The highest BCUT2D eigenvalue weighted by Crippen LogP contribution is 2.70. The monoisotopic (exact) mass is 484 g/mol. The van der Waals surface area contributed by atoms with Gasteiger partial charge in [-0.1, -0.05) is 44.2 Å². The lowest BCUT2D eigenvalue weighted by Crippen LogP contribution is -2.62. The molecule has 0 radical (unpaired) electrons. The standard InChI is InChI=1S/C30H44O5/c1-28-13-11-23(33-20-31-3)17-22(28)9-10-24-25-12-14-30(34-15-16-35-30)29(25,2)18-26(27(24)28)32-19-21-7-5-4-6-8-21/h4-8,22-27H,9-20H2,1-3H3/t22-,23+,24-,25-,26-,27+,28-,29-/m1/s1. The van der Waals surface area contributed by atoms with Gasteiger partial charge in [0.15, 0.2) is 5.79 Å². The zero-order valence-corrected chi connectivity index (χ0v) is 21.9. The fourth-order valence-electron chi connectivity index (χ4n) is 9.44. The van der Waals surface area contributed by atoms with Gasteiger partial charge < -0.3 is 23.7 Å². The number of benzene rings is 1. The minimum atomic E-state index is -0.402. The van der Waals surface area contributed by atoms with E-state index in [0.717, 1.165) is 38.9 Å². The fraction of sp³-hybridized carbons (Fsp3) is 0.800. The van der Waals surface area contributed by atoms with E-state index in [1.54, 1.807) is 7.11 Å². The maximum Gasteiger partial charge on any atom is 0.174 e. The zero-order valence-electron chi connectivity index (χ0n) is 21.9. The average Bonchev–Trinajstić information content (AvgIpc) is 3.47. The van der Waals surface area contributed by atoms with Gasteiger partial charge in [0.2, 0.25) is 0 Å². The van der Waals surface area contributed by atoms with Crippen molar-refractivity contribution in [2.75, 3.05) is 27.1 Å². The van der Waals surface area contributed by atoms with Gasteiger partial charge in [0, 0.05) is 18.9 Å². The summed E-state index contributed by atoms with van der Waals surface area (Å²) in [4.78, 5) is 0. The molecule has 0 amide bonds. The molecule has 35 heavy (non-hydrogen) atoms. The predicted octanol–water partition coefficient (Wildman–Crippen LogP) is 5.96. The summed E-state index contributed by atoms with van der Waals surface area (Å²) in [7, 11) is 1.72. The molecule has 5 aliphatic rings. The molecule has 5 nitrogen and oxygen atoms in total. The van der Waals surface area contributed by atoms with Crippen LogP contribution in [0.15, 0.2) is 30.3 Å². The first kappa shape index (κ1) is 24.4. The third-order valence-corrected chi connectivity index (χ3v) is 11.1. The quantitative estimate of drug-likeness (QED) is 0.467. The Hall–Kier alpha value is -0.980. The third kappa shape index (κ3) is 3.92. The topological polar surface area (TPSA) is 46.2 Å². The van der Waals surface area contributed by atoms with E-state index < -0.39 is 5.79 Å². The summed E-state index contributed by atoms with van der Waals surface area (Å²) < 4.78 is 31.1. The summed E-state index contributed by atoms with van der Waals surface area (Å²) >= 11 is 0. The molecule has 1 aliphatic heterocycles. The van der Waals surface area contributed by atoms with Crippen molar-refractivity contribution in [3.63, 3.8) is 0 Å². The summed E-state index contributed by atoms with van der Waals surface area (Å²) in [6.45, 7) is 7.62. The summed E-state index contributed by atoms with van der Waals surface area (Å²) in [5.41, 5.74) is 1.58. The molecule has 0 bridgehead atoms. The first-order valence-electron chi connectivity index (χ1n) is 14.0. The SMILES string of the molecule is COCO[C@H]1CC[C@]2(C)[C@H](CC[C@H]3[C@H]2[C@H](OCc2ccccc2)C[C@]2(C)[C@@H]3CCC23OCCO3)C1. The molecule has 4 aliphatic carbocycles. The van der Waals surface area contributed by atoms with Crippen LogP contribution < -0.4 is 0 Å². The summed E-state index contributed by atoms with van der Waals surface area (Å²) in [6.07, 6.45) is 9.97. The summed E-state index contributed by atoms with van der Waals surface area (Å²) in [6, 6.07) is 10.7. The highest BCUT2D eigenvalue weighted by atomic mass is 16.7. The normalized spacial score (nSPS) is 44.1. The van der Waals surface area contributed by atoms with Crippen LogP contribution in [0.2, 0.25) is 0 Å². The van der Waals surface area contributed by atoms with Gasteiger partial charge in [-0.15, -0.1) is 0 Å². The molecule has 4 saturated carbocycles. The van der Waals surface area contributed by atoms with Crippen molar-refractivity contribution >= 4 is 0 Å². The molecule has 0 N–H and O–H groups in total. The maximum atomic E-state index is 6.96. The number of hydrogen-bond acceptors (Lipinski definition) is 5. The maximum absolute atomic E-state index is 6.96. The van der Waals surface area contributed by atoms with E-state index in [-0.39, 0.29) is 11.5 Å². The highest BCUT2D eigenvalue weighted by molar-refractivity contribution is 5.17. The smallest absolute Gasteiger partial charge is 0.174 e. The van der Waals surface area contributed by atoms with Crippen LogP contribution in [0, 0.1) is 34.5 Å². The lowest BCUT2D eigenvalue weighted by molar-refractivity contribution is -0.272. The van der Waals surface area contributed by atoms with Gasteiger partial charge >= 0.3 is 0 Å². The van der Waals surface area contributed by atoms with Gasteiger partial charge in [0.1, 0.15) is 6.79 Å². The van der Waals surface area contributed by atoms with E-state index in [1.807, 2.05) is 0 Å². The fourth-order valence-corrected chi connectivity index (χ4v) is 9.44. The Kier molecular flexibility index (Phi) is 6.54. The van der Waals surface area contributed by atoms with Crippen LogP contribution in [0.1, 0.15) is 70.8 Å². The molecule has 1 heterocycles. The molecule has 8 atom stereocenters. The molecule has 0 aromatic heterocycles. The van der Waals surface area contributed by atoms with Crippen molar-refractivity contribution in [3.8, 4) is 0 Å². The second kappa shape index (κ2) is 9.40. The molecule has 1 aromatic carbocycles. The second-order valence-corrected chi connectivity index (χ2v) is 12.5. The number of hydrogen-bond donors (Lipinski definition) is 0. The van der Waals surface area contributed by atoms with Crippen LogP contribution in [-0.4, -0.2) is 45.1 Å². The lowest BCUT2D eigenvalue weighted by Gasteiger charge is -2.63. The largest absolute Gasteiger partial charge is 0.373 e. The van der Waals surface area contributed by atoms with Crippen LogP contribution in [0.5, 0.6) is 0 Å². The molecule has 5 fully saturated rings. The van der Waals surface area contributed by atoms with Gasteiger partial charge in [-0.3, -0.25) is 0 Å². The van der Waals surface area contributed by atoms with Gasteiger partial charge in [0.25, 0.3) is 0 Å².